The first-order chi connectivity index (χ1) is 14.3. The number of nitrogens with one attached hydrogen (secondary N) is 2. The van der Waals surface area contributed by atoms with Crippen molar-refractivity contribution in [3.63, 3.8) is 0 Å². The minimum Gasteiger partial charge on any atom is -0.463 e. The predicted octanol–water partition coefficient (Wildman–Crippen LogP) is 2.66. The molecule has 2 N–H and O–H groups in total. The Hall–Kier alpha value is -2.38. The second-order valence-electron chi connectivity index (χ2n) is 8.84. The van der Waals surface area contributed by atoms with Gasteiger partial charge in [0.25, 0.3) is 0 Å². The first-order valence-electron chi connectivity index (χ1n) is 10.8. The lowest BCUT2D eigenvalue weighted by atomic mass is 9.95. The molecule has 0 saturated carbocycles. The van der Waals surface area contributed by atoms with Gasteiger partial charge in [0, 0.05) is 30.9 Å². The molecule has 30 heavy (non-hydrogen) atoms. The maximum absolute atomic E-state index is 12.9. The van der Waals surface area contributed by atoms with Crippen molar-refractivity contribution in [2.24, 2.45) is 0 Å². The van der Waals surface area contributed by atoms with E-state index in [4.69, 9.17) is 4.74 Å². The van der Waals surface area contributed by atoms with Crippen LogP contribution < -0.4 is 10.6 Å². The van der Waals surface area contributed by atoms with Crippen LogP contribution in [0, 0.1) is 0 Å². The van der Waals surface area contributed by atoms with Gasteiger partial charge in [-0.3, -0.25) is 9.80 Å². The molecule has 2 aliphatic rings. The summed E-state index contributed by atoms with van der Waals surface area (Å²) in [6.45, 7) is 13.1. The van der Waals surface area contributed by atoms with Crippen molar-refractivity contribution in [1.82, 2.24) is 20.4 Å². The van der Waals surface area contributed by atoms with Crippen LogP contribution in [0.15, 0.2) is 41.6 Å². The van der Waals surface area contributed by atoms with E-state index in [1.165, 1.54) is 0 Å². The zero-order valence-electron chi connectivity index (χ0n) is 18.5. The molecule has 1 aromatic rings. The van der Waals surface area contributed by atoms with E-state index in [1.54, 1.807) is 6.92 Å². The van der Waals surface area contributed by atoms with Crippen LogP contribution in [0.5, 0.6) is 0 Å². The van der Waals surface area contributed by atoms with Crippen LogP contribution in [0.1, 0.15) is 45.7 Å². The number of hydrogen-bond donors (Lipinski definition) is 2. The standard InChI is InChI=1S/C23H34N4O3/c1-5-30-21(28)19-18(16-26-12-9-13-27(15-14-26)23(2,3)4)24-22(29)25-20(19)17-10-7-6-8-11-17/h6-8,10-11,20H,5,9,12-16H2,1-4H3,(H2,24,25,29). The van der Waals surface area contributed by atoms with Gasteiger partial charge >= 0.3 is 12.0 Å². The van der Waals surface area contributed by atoms with Crippen molar-refractivity contribution in [1.29, 1.82) is 0 Å². The average molecular weight is 415 g/mol. The first-order valence-corrected chi connectivity index (χ1v) is 10.8. The van der Waals surface area contributed by atoms with E-state index in [2.05, 4.69) is 41.2 Å². The van der Waals surface area contributed by atoms with Gasteiger partial charge < -0.3 is 15.4 Å². The Morgan fingerprint density at radius 2 is 1.87 bits per heavy atom. The van der Waals surface area contributed by atoms with Gasteiger partial charge in [-0.15, -0.1) is 0 Å². The van der Waals surface area contributed by atoms with Gasteiger partial charge in [-0.25, -0.2) is 9.59 Å². The van der Waals surface area contributed by atoms with Gasteiger partial charge in [0.05, 0.1) is 18.2 Å². The molecule has 2 heterocycles. The summed E-state index contributed by atoms with van der Waals surface area (Å²) < 4.78 is 5.36. The van der Waals surface area contributed by atoms with Gasteiger partial charge in [0.1, 0.15) is 0 Å². The van der Waals surface area contributed by atoms with E-state index >= 15 is 0 Å². The molecule has 7 heteroatoms. The third-order valence-electron chi connectivity index (χ3n) is 5.70. The highest BCUT2D eigenvalue weighted by Gasteiger charge is 2.34. The van der Waals surface area contributed by atoms with Gasteiger partial charge in [0.15, 0.2) is 0 Å². The molecule has 2 amide bonds. The minimum absolute atomic E-state index is 0.132. The second-order valence-corrected chi connectivity index (χ2v) is 8.84. The molecule has 2 aliphatic heterocycles. The Kier molecular flexibility index (Phi) is 7.15. The molecule has 1 fully saturated rings. The summed E-state index contributed by atoms with van der Waals surface area (Å²) >= 11 is 0. The molecule has 0 aliphatic carbocycles. The number of urea groups is 1. The third-order valence-corrected chi connectivity index (χ3v) is 5.70. The summed E-state index contributed by atoms with van der Waals surface area (Å²) in [5, 5.41) is 5.78. The van der Waals surface area contributed by atoms with E-state index in [1.807, 2.05) is 30.3 Å². The van der Waals surface area contributed by atoms with Crippen LogP contribution in [0.4, 0.5) is 4.79 Å². The molecule has 1 saturated heterocycles. The van der Waals surface area contributed by atoms with Crippen LogP contribution >= 0.6 is 0 Å². The molecule has 0 bridgehead atoms. The maximum atomic E-state index is 12.9. The van der Waals surface area contributed by atoms with E-state index in [0.717, 1.165) is 38.2 Å². The lowest BCUT2D eigenvalue weighted by Gasteiger charge is -2.35. The van der Waals surface area contributed by atoms with Crippen LogP contribution in [0.3, 0.4) is 0 Å². The monoisotopic (exact) mass is 414 g/mol. The van der Waals surface area contributed by atoms with E-state index < -0.39 is 6.04 Å². The van der Waals surface area contributed by atoms with Crippen LogP contribution in [0.25, 0.3) is 0 Å². The number of amides is 2. The Balaban J connectivity index is 1.88. The van der Waals surface area contributed by atoms with Crippen molar-refractivity contribution in [2.45, 2.75) is 45.7 Å². The molecule has 0 aromatic heterocycles. The van der Waals surface area contributed by atoms with Crippen molar-refractivity contribution < 1.29 is 14.3 Å². The maximum Gasteiger partial charge on any atom is 0.338 e. The Morgan fingerprint density at radius 1 is 1.13 bits per heavy atom. The Labute approximate surface area is 179 Å². The fourth-order valence-electron chi connectivity index (χ4n) is 4.11. The number of carbonyl (C=O) groups excluding carboxylic acids is 2. The summed E-state index contributed by atoms with van der Waals surface area (Å²) in [7, 11) is 0. The largest absolute Gasteiger partial charge is 0.463 e. The minimum atomic E-state index is -0.521. The summed E-state index contributed by atoms with van der Waals surface area (Å²) in [5.41, 5.74) is 2.12. The predicted molar refractivity (Wildman–Crippen MR) is 117 cm³/mol. The van der Waals surface area contributed by atoms with Crippen LogP contribution in [-0.2, 0) is 9.53 Å². The summed E-state index contributed by atoms with van der Waals surface area (Å²) in [6, 6.07) is 8.74. The zero-order valence-corrected chi connectivity index (χ0v) is 18.5. The van der Waals surface area contributed by atoms with Gasteiger partial charge in [-0.2, -0.15) is 0 Å². The number of ether oxygens (including phenoxy) is 1. The smallest absolute Gasteiger partial charge is 0.338 e. The molecule has 7 nitrogen and oxygen atoms in total. The van der Waals surface area contributed by atoms with E-state index in [0.29, 0.717) is 17.8 Å². The molecule has 3 rings (SSSR count). The van der Waals surface area contributed by atoms with Crippen LogP contribution in [-0.4, -0.2) is 66.7 Å². The molecular weight excluding hydrogens is 380 g/mol. The topological polar surface area (TPSA) is 73.9 Å². The first kappa shape index (κ1) is 22.3. The molecule has 1 aromatic carbocycles. The summed E-state index contributed by atoms with van der Waals surface area (Å²) in [5.74, 6) is -0.389. The van der Waals surface area contributed by atoms with Crippen LogP contribution in [0.2, 0.25) is 0 Å². The van der Waals surface area contributed by atoms with Gasteiger partial charge in [-0.05, 0) is 52.8 Å². The van der Waals surface area contributed by atoms with Gasteiger partial charge in [0.2, 0.25) is 0 Å². The molecule has 1 atom stereocenters. The lowest BCUT2D eigenvalue weighted by molar-refractivity contribution is -0.139. The highest BCUT2D eigenvalue weighted by molar-refractivity contribution is 5.95. The second kappa shape index (κ2) is 9.62. The highest BCUT2D eigenvalue weighted by Crippen LogP contribution is 2.28. The summed E-state index contributed by atoms with van der Waals surface area (Å²) in [6.07, 6.45) is 1.05. The van der Waals surface area contributed by atoms with Crippen molar-refractivity contribution >= 4 is 12.0 Å². The van der Waals surface area contributed by atoms with Crippen molar-refractivity contribution in [2.75, 3.05) is 39.3 Å². The molecule has 0 spiro atoms. The average Bonchev–Trinajstić information content (AvgIpc) is 2.94. The molecule has 164 valence electrons. The highest BCUT2D eigenvalue weighted by atomic mass is 16.5. The fourth-order valence-corrected chi connectivity index (χ4v) is 4.11. The normalized spacial score (nSPS) is 21.6. The Morgan fingerprint density at radius 3 is 2.53 bits per heavy atom. The zero-order chi connectivity index (χ0) is 21.7. The molecule has 0 radical (unpaired) electrons. The quantitative estimate of drug-likeness (QED) is 0.725. The fraction of sp³-hybridized carbons (Fsp3) is 0.565. The Bertz CT molecular complexity index is 785. The summed E-state index contributed by atoms with van der Waals surface area (Å²) in [4.78, 5) is 30.1. The molecule has 1 unspecified atom stereocenters. The van der Waals surface area contributed by atoms with Gasteiger partial charge in [-0.1, -0.05) is 30.3 Å². The third kappa shape index (κ3) is 5.40. The number of hydrogen-bond acceptors (Lipinski definition) is 5. The van der Waals surface area contributed by atoms with Crippen molar-refractivity contribution in [3.8, 4) is 0 Å². The number of esters is 1. The number of benzene rings is 1. The SMILES string of the molecule is CCOC(=O)C1=C(CN2CCCN(C(C)(C)C)CC2)NC(=O)NC1c1ccccc1. The number of carbonyl (C=O) groups is 2. The van der Waals surface area contributed by atoms with Crippen molar-refractivity contribution in [3.05, 3.63) is 47.2 Å². The lowest BCUT2D eigenvalue weighted by Crippen LogP contribution is -2.49. The van der Waals surface area contributed by atoms with E-state index in [-0.39, 0.29) is 24.1 Å². The number of rotatable bonds is 5. The van der Waals surface area contributed by atoms with E-state index in [9.17, 15) is 9.59 Å². The molecular formula is C23H34N4O3. The number of nitrogens with zero attached hydrogens (tertiary/aromatic N) is 2.